The molecule has 1 aromatic heterocycles. The fraction of sp³-hybridized carbons (Fsp3) is 0.111. The third kappa shape index (κ3) is 4.36. The van der Waals surface area contributed by atoms with Gasteiger partial charge in [0, 0.05) is 22.0 Å². The van der Waals surface area contributed by atoms with E-state index in [2.05, 4.69) is 4.98 Å². The molecule has 134 valence electrons. The van der Waals surface area contributed by atoms with Gasteiger partial charge in [0.2, 0.25) is 0 Å². The van der Waals surface area contributed by atoms with Crippen molar-refractivity contribution in [3.05, 3.63) is 69.7 Å². The molecule has 3 aromatic rings. The van der Waals surface area contributed by atoms with Crippen molar-refractivity contribution in [1.82, 2.24) is 4.98 Å². The number of hydrogen-bond acceptors (Lipinski definition) is 4. The van der Waals surface area contributed by atoms with Crippen LogP contribution in [0, 0.1) is 11.6 Å². The average Bonchev–Trinajstić information content (AvgIpc) is 3.02. The molecule has 0 amide bonds. The van der Waals surface area contributed by atoms with Crippen molar-refractivity contribution in [2.24, 2.45) is 0 Å². The number of nitrogens with zero attached hydrogens (tertiary/aromatic N) is 1. The molecule has 0 aliphatic rings. The van der Waals surface area contributed by atoms with E-state index in [1.54, 1.807) is 23.6 Å². The van der Waals surface area contributed by atoms with E-state index < -0.39 is 17.6 Å². The Morgan fingerprint density at radius 1 is 1.23 bits per heavy atom. The Bertz CT molecular complexity index is 961. The van der Waals surface area contributed by atoms with Crippen LogP contribution in [0.25, 0.3) is 10.6 Å². The minimum Gasteiger partial charge on any atom is -0.488 e. The third-order valence-electron chi connectivity index (χ3n) is 3.45. The lowest BCUT2D eigenvalue weighted by Crippen LogP contribution is -2.01. The molecule has 0 atom stereocenters. The minimum absolute atomic E-state index is 0.103. The summed E-state index contributed by atoms with van der Waals surface area (Å²) in [6.45, 7) is -0.103. The third-order valence-corrected chi connectivity index (χ3v) is 4.61. The largest absolute Gasteiger partial charge is 0.488 e. The summed E-state index contributed by atoms with van der Waals surface area (Å²) < 4.78 is 32.4. The van der Waals surface area contributed by atoms with Gasteiger partial charge >= 0.3 is 5.97 Å². The van der Waals surface area contributed by atoms with E-state index >= 15 is 0 Å². The highest BCUT2D eigenvalue weighted by molar-refractivity contribution is 7.13. The second kappa shape index (κ2) is 7.80. The summed E-state index contributed by atoms with van der Waals surface area (Å²) in [6, 6.07) is 8.14. The van der Waals surface area contributed by atoms with Crippen molar-refractivity contribution >= 4 is 28.9 Å². The van der Waals surface area contributed by atoms with Crippen molar-refractivity contribution in [3.8, 4) is 16.3 Å². The van der Waals surface area contributed by atoms with Gasteiger partial charge in [-0.15, -0.1) is 11.3 Å². The molecule has 0 saturated heterocycles. The number of thiazole rings is 1. The van der Waals surface area contributed by atoms with Crippen molar-refractivity contribution in [2.45, 2.75) is 13.0 Å². The lowest BCUT2D eigenvalue weighted by atomic mass is 10.2. The number of aliphatic carboxylic acids is 1. The second-order valence-electron chi connectivity index (χ2n) is 5.38. The first-order valence-corrected chi connectivity index (χ1v) is 8.71. The molecular formula is C18H12ClF2NO3S. The number of halogens is 3. The highest BCUT2D eigenvalue weighted by Crippen LogP contribution is 2.35. The number of hydrogen-bond donors (Lipinski definition) is 1. The first-order valence-electron chi connectivity index (χ1n) is 7.45. The van der Waals surface area contributed by atoms with E-state index in [-0.39, 0.29) is 18.6 Å². The summed E-state index contributed by atoms with van der Waals surface area (Å²) in [4.78, 5) is 15.1. The summed E-state index contributed by atoms with van der Waals surface area (Å²) >= 11 is 7.30. The predicted octanol–water partition coefficient (Wildman–Crippen LogP) is 4.95. The lowest BCUT2D eigenvalue weighted by molar-refractivity contribution is -0.136. The van der Waals surface area contributed by atoms with Crippen LogP contribution in [-0.4, -0.2) is 16.1 Å². The van der Waals surface area contributed by atoms with Gasteiger partial charge in [0.05, 0.1) is 17.7 Å². The summed E-state index contributed by atoms with van der Waals surface area (Å²) in [7, 11) is 0. The highest BCUT2D eigenvalue weighted by atomic mass is 35.5. The van der Waals surface area contributed by atoms with Crippen molar-refractivity contribution in [2.75, 3.05) is 0 Å². The van der Waals surface area contributed by atoms with E-state index in [0.717, 1.165) is 12.1 Å². The van der Waals surface area contributed by atoms with Crippen LogP contribution >= 0.6 is 22.9 Å². The van der Waals surface area contributed by atoms with Gasteiger partial charge in [0.25, 0.3) is 0 Å². The van der Waals surface area contributed by atoms with Gasteiger partial charge < -0.3 is 9.84 Å². The molecule has 0 saturated carbocycles. The van der Waals surface area contributed by atoms with Gasteiger partial charge in [0.1, 0.15) is 29.0 Å². The normalized spacial score (nSPS) is 10.7. The van der Waals surface area contributed by atoms with Crippen LogP contribution in [-0.2, 0) is 17.8 Å². The smallest absolute Gasteiger partial charge is 0.309 e. The number of rotatable bonds is 6. The first-order chi connectivity index (χ1) is 12.4. The summed E-state index contributed by atoms with van der Waals surface area (Å²) in [6.07, 6.45) is -0.186. The number of carboxylic acid groups (broad SMARTS) is 1. The van der Waals surface area contributed by atoms with Crippen LogP contribution in [0.15, 0.2) is 41.8 Å². The second-order valence-corrected chi connectivity index (χ2v) is 6.67. The monoisotopic (exact) mass is 395 g/mol. The molecule has 0 radical (unpaired) electrons. The number of aromatic nitrogens is 1. The molecule has 8 heteroatoms. The van der Waals surface area contributed by atoms with E-state index in [9.17, 15) is 13.6 Å². The molecule has 0 fully saturated rings. The summed E-state index contributed by atoms with van der Waals surface area (Å²) in [5.41, 5.74) is 1.20. The van der Waals surface area contributed by atoms with Crippen LogP contribution < -0.4 is 4.74 Å². The maximum absolute atomic E-state index is 13.8. The van der Waals surface area contributed by atoms with Crippen LogP contribution in [0.5, 0.6) is 5.75 Å². The predicted molar refractivity (Wildman–Crippen MR) is 94.6 cm³/mol. The Kier molecular flexibility index (Phi) is 5.49. The van der Waals surface area contributed by atoms with Crippen molar-refractivity contribution in [3.63, 3.8) is 0 Å². The van der Waals surface area contributed by atoms with E-state index in [1.165, 1.54) is 17.4 Å². The fourth-order valence-electron chi connectivity index (χ4n) is 2.26. The standard InChI is InChI=1S/C18H12ClF2NO3S/c19-11-2-4-16(25-8-10-1-3-12(20)6-15(10)21)14(5-11)18-22-13(9-26-18)7-17(23)24/h1-6,9H,7-8H2,(H,23,24). The Morgan fingerprint density at radius 2 is 2.04 bits per heavy atom. The van der Waals surface area contributed by atoms with Crippen LogP contribution in [0.3, 0.4) is 0 Å². The van der Waals surface area contributed by atoms with Gasteiger partial charge in [-0.2, -0.15) is 0 Å². The van der Waals surface area contributed by atoms with Crippen LogP contribution in [0.1, 0.15) is 11.3 Å². The molecular weight excluding hydrogens is 384 g/mol. The van der Waals surface area contributed by atoms with Crippen molar-refractivity contribution in [1.29, 1.82) is 0 Å². The molecule has 3 rings (SSSR count). The molecule has 0 aliphatic carbocycles. The maximum atomic E-state index is 13.8. The SMILES string of the molecule is O=C(O)Cc1csc(-c2cc(Cl)ccc2OCc2ccc(F)cc2F)n1. The van der Waals surface area contributed by atoms with Gasteiger partial charge in [-0.25, -0.2) is 13.8 Å². The number of carbonyl (C=O) groups is 1. The van der Waals surface area contributed by atoms with Gasteiger partial charge in [-0.1, -0.05) is 11.6 Å². The molecule has 0 aliphatic heterocycles. The molecule has 26 heavy (non-hydrogen) atoms. The zero-order valence-corrected chi connectivity index (χ0v) is 14.8. The molecule has 1 heterocycles. The van der Waals surface area contributed by atoms with Crippen LogP contribution in [0.2, 0.25) is 5.02 Å². The van der Waals surface area contributed by atoms with E-state index in [1.807, 2.05) is 0 Å². The van der Waals surface area contributed by atoms with E-state index in [0.29, 0.717) is 27.0 Å². The Morgan fingerprint density at radius 3 is 2.77 bits per heavy atom. The topological polar surface area (TPSA) is 59.4 Å². The minimum atomic E-state index is -0.976. The summed E-state index contributed by atoms with van der Waals surface area (Å²) in [5.74, 6) is -1.92. The zero-order valence-electron chi connectivity index (χ0n) is 13.2. The molecule has 0 unspecified atom stereocenters. The lowest BCUT2D eigenvalue weighted by Gasteiger charge is -2.11. The molecule has 0 bridgehead atoms. The quantitative estimate of drug-likeness (QED) is 0.641. The van der Waals surface area contributed by atoms with Crippen LogP contribution in [0.4, 0.5) is 8.78 Å². The first kappa shape index (κ1) is 18.3. The van der Waals surface area contributed by atoms with Crippen molar-refractivity contribution < 1.29 is 23.4 Å². The Labute approximate surface area is 156 Å². The highest BCUT2D eigenvalue weighted by Gasteiger charge is 2.14. The molecule has 2 aromatic carbocycles. The molecule has 0 spiro atoms. The Balaban J connectivity index is 1.86. The zero-order chi connectivity index (χ0) is 18.7. The van der Waals surface area contributed by atoms with Gasteiger partial charge in [0.15, 0.2) is 0 Å². The van der Waals surface area contributed by atoms with Gasteiger partial charge in [-0.05, 0) is 30.3 Å². The number of carboxylic acids is 1. The average molecular weight is 396 g/mol. The Hall–Kier alpha value is -2.51. The molecule has 1 N–H and O–H groups in total. The fourth-order valence-corrected chi connectivity index (χ4v) is 3.27. The van der Waals surface area contributed by atoms with E-state index in [4.69, 9.17) is 21.4 Å². The van der Waals surface area contributed by atoms with Gasteiger partial charge in [-0.3, -0.25) is 4.79 Å². The maximum Gasteiger partial charge on any atom is 0.309 e. The summed E-state index contributed by atoms with van der Waals surface area (Å²) in [5, 5.41) is 11.5. The number of benzene rings is 2. The molecule has 4 nitrogen and oxygen atoms in total. The number of ether oxygens (including phenoxy) is 1.